The number of sulfonamides is 1. The predicted molar refractivity (Wildman–Crippen MR) is 88.1 cm³/mol. The molecular weight excluding hydrogens is 302 g/mol. The Labute approximate surface area is 130 Å². The molecule has 0 saturated carbocycles. The topological polar surface area (TPSA) is 46.2 Å². The molecule has 2 rings (SSSR count). The Balaban J connectivity index is 2.17. The van der Waals surface area contributed by atoms with E-state index < -0.39 is 10.0 Å². The fourth-order valence-electron chi connectivity index (χ4n) is 1.98. The molecule has 0 fully saturated rings. The van der Waals surface area contributed by atoms with Crippen LogP contribution in [0.5, 0.6) is 0 Å². The van der Waals surface area contributed by atoms with E-state index in [4.69, 9.17) is 0 Å². The zero-order valence-corrected chi connectivity index (χ0v) is 14.0. The molecular formula is C16H19NO2S2. The van der Waals surface area contributed by atoms with Gasteiger partial charge in [-0.25, -0.2) is 13.1 Å². The van der Waals surface area contributed by atoms with Crippen LogP contribution in [0.1, 0.15) is 24.1 Å². The van der Waals surface area contributed by atoms with Crippen LogP contribution in [0.25, 0.3) is 0 Å². The van der Waals surface area contributed by atoms with Gasteiger partial charge in [-0.05, 0) is 49.9 Å². The average Bonchev–Trinajstić information content (AvgIpc) is 2.47. The minimum Gasteiger partial charge on any atom is -0.207 e. The third-order valence-corrected chi connectivity index (χ3v) is 5.58. The van der Waals surface area contributed by atoms with E-state index in [9.17, 15) is 8.42 Å². The van der Waals surface area contributed by atoms with Gasteiger partial charge in [0.15, 0.2) is 0 Å². The third-order valence-electron chi connectivity index (χ3n) is 3.28. The van der Waals surface area contributed by atoms with E-state index in [1.165, 1.54) is 0 Å². The quantitative estimate of drug-likeness (QED) is 0.853. The maximum absolute atomic E-state index is 12.4. The summed E-state index contributed by atoms with van der Waals surface area (Å²) in [6, 6.07) is 14.5. The van der Waals surface area contributed by atoms with Crippen molar-refractivity contribution in [3.8, 4) is 0 Å². The molecule has 3 nitrogen and oxygen atoms in total. The molecule has 5 heteroatoms. The van der Waals surface area contributed by atoms with Crippen LogP contribution in [0.3, 0.4) is 0 Å². The molecule has 0 aliphatic carbocycles. The molecule has 0 unspecified atom stereocenters. The summed E-state index contributed by atoms with van der Waals surface area (Å²) in [5, 5.41) is 0. The number of nitrogens with one attached hydrogen (secondary N) is 1. The fraction of sp³-hybridized carbons (Fsp3) is 0.250. The maximum atomic E-state index is 12.4. The van der Waals surface area contributed by atoms with Gasteiger partial charge in [0.25, 0.3) is 0 Å². The summed E-state index contributed by atoms with van der Waals surface area (Å²) in [5.74, 6) is 0. The first-order valence-corrected chi connectivity index (χ1v) is 9.36. The molecule has 0 aliphatic rings. The molecule has 0 bridgehead atoms. The van der Waals surface area contributed by atoms with Crippen molar-refractivity contribution in [3.05, 3.63) is 59.7 Å². The fourth-order valence-corrected chi connectivity index (χ4v) is 3.62. The summed E-state index contributed by atoms with van der Waals surface area (Å²) in [4.78, 5) is 1.33. The van der Waals surface area contributed by atoms with E-state index in [1.807, 2.05) is 56.5 Å². The van der Waals surface area contributed by atoms with E-state index in [0.717, 1.165) is 16.0 Å². The first-order valence-electron chi connectivity index (χ1n) is 6.65. The standard InChI is InChI=1S/C16H19NO2S2/c1-12-4-6-14(7-5-12)13(2)17-21(18,19)16-10-8-15(20-3)9-11-16/h4-11,13,17H,1-3H3/t13-/m0/s1. The largest absolute Gasteiger partial charge is 0.241 e. The molecule has 2 aromatic carbocycles. The molecule has 0 amide bonds. The number of hydrogen-bond acceptors (Lipinski definition) is 3. The molecule has 0 aromatic heterocycles. The molecule has 1 N–H and O–H groups in total. The van der Waals surface area contributed by atoms with E-state index in [2.05, 4.69) is 4.72 Å². The van der Waals surface area contributed by atoms with Gasteiger partial charge < -0.3 is 0 Å². The van der Waals surface area contributed by atoms with Crippen LogP contribution >= 0.6 is 11.8 Å². The summed E-state index contributed by atoms with van der Waals surface area (Å²) in [6.45, 7) is 3.85. The highest BCUT2D eigenvalue weighted by molar-refractivity contribution is 7.98. The lowest BCUT2D eigenvalue weighted by atomic mass is 10.1. The van der Waals surface area contributed by atoms with Gasteiger partial charge in [0.2, 0.25) is 10.0 Å². The molecule has 21 heavy (non-hydrogen) atoms. The van der Waals surface area contributed by atoms with E-state index >= 15 is 0 Å². The second-order valence-corrected chi connectivity index (χ2v) is 7.52. The van der Waals surface area contributed by atoms with Gasteiger partial charge in [-0.2, -0.15) is 0 Å². The van der Waals surface area contributed by atoms with Gasteiger partial charge in [-0.3, -0.25) is 0 Å². The number of aryl methyl sites for hydroxylation is 1. The Morgan fingerprint density at radius 1 is 1.00 bits per heavy atom. The van der Waals surface area contributed by atoms with Gasteiger partial charge in [0, 0.05) is 10.9 Å². The second-order valence-electron chi connectivity index (χ2n) is 4.93. The second kappa shape index (κ2) is 6.64. The van der Waals surface area contributed by atoms with Gasteiger partial charge >= 0.3 is 0 Å². The SMILES string of the molecule is CSc1ccc(S(=O)(=O)N[C@@H](C)c2ccc(C)cc2)cc1. The highest BCUT2D eigenvalue weighted by atomic mass is 32.2. The molecule has 0 heterocycles. The van der Waals surface area contributed by atoms with Crippen molar-refractivity contribution in [1.82, 2.24) is 4.72 Å². The van der Waals surface area contributed by atoms with Crippen LogP contribution in [-0.4, -0.2) is 14.7 Å². The van der Waals surface area contributed by atoms with Crippen LogP contribution in [-0.2, 0) is 10.0 Å². The zero-order valence-electron chi connectivity index (χ0n) is 12.3. The lowest BCUT2D eigenvalue weighted by molar-refractivity contribution is 0.567. The van der Waals surface area contributed by atoms with Gasteiger partial charge in [-0.15, -0.1) is 11.8 Å². The van der Waals surface area contributed by atoms with Crippen molar-refractivity contribution in [1.29, 1.82) is 0 Å². The minimum atomic E-state index is -3.50. The Morgan fingerprint density at radius 3 is 2.10 bits per heavy atom. The van der Waals surface area contributed by atoms with Crippen LogP contribution in [0.2, 0.25) is 0 Å². The van der Waals surface area contributed by atoms with Crippen molar-refractivity contribution in [2.24, 2.45) is 0 Å². The van der Waals surface area contributed by atoms with Crippen molar-refractivity contribution in [3.63, 3.8) is 0 Å². The number of thioether (sulfide) groups is 1. The van der Waals surface area contributed by atoms with Crippen LogP contribution in [0, 0.1) is 6.92 Å². The molecule has 112 valence electrons. The summed E-state index contributed by atoms with van der Waals surface area (Å²) in [5.41, 5.74) is 2.10. The van der Waals surface area contributed by atoms with Gasteiger partial charge in [-0.1, -0.05) is 29.8 Å². The van der Waals surface area contributed by atoms with E-state index in [0.29, 0.717) is 4.90 Å². The minimum absolute atomic E-state index is 0.268. The van der Waals surface area contributed by atoms with Crippen LogP contribution < -0.4 is 4.72 Å². The molecule has 1 atom stereocenters. The predicted octanol–water partition coefficient (Wildman–Crippen LogP) is 3.76. The highest BCUT2D eigenvalue weighted by Crippen LogP contribution is 2.20. The van der Waals surface area contributed by atoms with Crippen molar-refractivity contribution in [2.75, 3.05) is 6.26 Å². The normalized spacial score (nSPS) is 13.1. The monoisotopic (exact) mass is 321 g/mol. The first kappa shape index (κ1) is 16.1. The lowest BCUT2D eigenvalue weighted by Crippen LogP contribution is -2.26. The Bertz CT molecular complexity index is 692. The first-order chi connectivity index (χ1) is 9.92. The van der Waals surface area contributed by atoms with Crippen molar-refractivity contribution < 1.29 is 8.42 Å². The lowest BCUT2D eigenvalue weighted by Gasteiger charge is -2.15. The average molecular weight is 321 g/mol. The molecule has 2 aromatic rings. The Morgan fingerprint density at radius 2 is 1.57 bits per heavy atom. The van der Waals surface area contributed by atoms with Crippen LogP contribution in [0.4, 0.5) is 0 Å². The molecule has 0 radical (unpaired) electrons. The van der Waals surface area contributed by atoms with Crippen molar-refractivity contribution in [2.45, 2.75) is 29.7 Å². The summed E-state index contributed by atoms with van der Waals surface area (Å²) in [6.07, 6.45) is 1.96. The van der Waals surface area contributed by atoms with Crippen molar-refractivity contribution >= 4 is 21.8 Å². The highest BCUT2D eigenvalue weighted by Gasteiger charge is 2.18. The number of hydrogen-bond donors (Lipinski definition) is 1. The van der Waals surface area contributed by atoms with E-state index in [-0.39, 0.29) is 6.04 Å². The van der Waals surface area contributed by atoms with Gasteiger partial charge in [0.1, 0.15) is 0 Å². The van der Waals surface area contributed by atoms with Crippen LogP contribution in [0.15, 0.2) is 58.3 Å². The Hall–Kier alpha value is -1.30. The third kappa shape index (κ3) is 4.09. The van der Waals surface area contributed by atoms with E-state index in [1.54, 1.807) is 23.9 Å². The Kier molecular flexibility index (Phi) is 5.08. The summed E-state index contributed by atoms with van der Waals surface area (Å²) >= 11 is 1.58. The summed E-state index contributed by atoms with van der Waals surface area (Å²) in [7, 11) is -3.50. The number of rotatable bonds is 5. The number of benzene rings is 2. The molecule has 0 aliphatic heterocycles. The maximum Gasteiger partial charge on any atom is 0.241 e. The summed E-state index contributed by atoms with van der Waals surface area (Å²) < 4.78 is 27.4. The molecule has 0 saturated heterocycles. The smallest absolute Gasteiger partial charge is 0.207 e. The molecule has 0 spiro atoms. The zero-order chi connectivity index (χ0) is 15.5. The van der Waals surface area contributed by atoms with Gasteiger partial charge in [0.05, 0.1) is 4.90 Å².